The minimum absolute atomic E-state index is 0.171. The second-order valence-corrected chi connectivity index (χ2v) is 6.40. The summed E-state index contributed by atoms with van der Waals surface area (Å²) in [7, 11) is 0. The van der Waals surface area contributed by atoms with E-state index >= 15 is 0 Å². The van der Waals surface area contributed by atoms with Crippen LogP contribution in [0, 0.1) is 0 Å². The van der Waals surface area contributed by atoms with Crippen molar-refractivity contribution in [2.45, 2.75) is 32.7 Å². The average Bonchev–Trinajstić information content (AvgIpc) is 2.87. The number of halogens is 1. The van der Waals surface area contributed by atoms with Crippen LogP contribution in [0.25, 0.3) is 10.4 Å². The minimum Gasteiger partial charge on any atom is -0.323 e. The first-order chi connectivity index (χ1) is 8.65. The van der Waals surface area contributed by atoms with Crippen LogP contribution in [-0.2, 0) is 6.42 Å². The van der Waals surface area contributed by atoms with E-state index in [0.717, 1.165) is 17.3 Å². The molecule has 0 aliphatic rings. The molecular weight excluding hydrogens is 306 g/mol. The molecule has 1 nitrogen and oxygen atoms in total. The van der Waals surface area contributed by atoms with Crippen molar-refractivity contribution in [3.63, 3.8) is 0 Å². The predicted molar refractivity (Wildman–Crippen MR) is 84.1 cm³/mol. The lowest BCUT2D eigenvalue weighted by Gasteiger charge is -2.07. The summed E-state index contributed by atoms with van der Waals surface area (Å²) in [4.78, 5) is 2.59. The van der Waals surface area contributed by atoms with Crippen LogP contribution >= 0.6 is 27.3 Å². The van der Waals surface area contributed by atoms with Crippen LogP contribution in [0.5, 0.6) is 0 Å². The van der Waals surface area contributed by atoms with Gasteiger partial charge in [0, 0.05) is 20.3 Å². The fraction of sp³-hybridized carbons (Fsp3) is 0.333. The molecule has 0 amide bonds. The van der Waals surface area contributed by atoms with Crippen molar-refractivity contribution < 1.29 is 0 Å². The second kappa shape index (κ2) is 6.00. The molecule has 0 spiro atoms. The molecule has 0 fully saturated rings. The van der Waals surface area contributed by atoms with Crippen molar-refractivity contribution in [2.24, 2.45) is 5.73 Å². The maximum atomic E-state index is 6.08. The van der Waals surface area contributed by atoms with Gasteiger partial charge >= 0.3 is 0 Å². The summed E-state index contributed by atoms with van der Waals surface area (Å²) < 4.78 is 1.14. The van der Waals surface area contributed by atoms with E-state index in [-0.39, 0.29) is 6.04 Å². The Bertz CT molecular complexity index is 533. The quantitative estimate of drug-likeness (QED) is 0.827. The Kier molecular flexibility index (Phi) is 4.60. The van der Waals surface area contributed by atoms with Crippen LogP contribution in [0.1, 0.15) is 36.8 Å². The Labute approximate surface area is 121 Å². The molecule has 96 valence electrons. The number of hydrogen-bond acceptors (Lipinski definition) is 2. The Morgan fingerprint density at radius 3 is 2.67 bits per heavy atom. The van der Waals surface area contributed by atoms with Crippen molar-refractivity contribution >= 4 is 27.3 Å². The highest BCUT2D eigenvalue weighted by molar-refractivity contribution is 9.10. The first kappa shape index (κ1) is 13.8. The summed E-state index contributed by atoms with van der Waals surface area (Å²) in [6.45, 7) is 4.32. The number of rotatable bonds is 4. The molecule has 0 radical (unpaired) electrons. The summed E-state index contributed by atoms with van der Waals surface area (Å²) in [6.07, 6.45) is 2.03. The fourth-order valence-corrected chi connectivity index (χ4v) is 3.55. The summed E-state index contributed by atoms with van der Waals surface area (Å²) in [5.74, 6) is 0. The van der Waals surface area contributed by atoms with E-state index in [2.05, 4.69) is 60.1 Å². The Morgan fingerprint density at radius 1 is 1.22 bits per heavy atom. The lowest BCUT2D eigenvalue weighted by molar-refractivity contribution is 0.712. The van der Waals surface area contributed by atoms with Gasteiger partial charge < -0.3 is 5.73 Å². The third-order valence-electron chi connectivity index (χ3n) is 3.15. The van der Waals surface area contributed by atoms with Crippen molar-refractivity contribution in [1.29, 1.82) is 0 Å². The summed E-state index contributed by atoms with van der Waals surface area (Å²) in [6, 6.07) is 11.0. The molecule has 1 aromatic heterocycles. The third-order valence-corrected chi connectivity index (χ3v) is 4.89. The van der Waals surface area contributed by atoms with E-state index in [1.165, 1.54) is 20.9 Å². The van der Waals surface area contributed by atoms with Crippen molar-refractivity contribution in [3.05, 3.63) is 45.2 Å². The molecule has 3 heteroatoms. The van der Waals surface area contributed by atoms with Gasteiger partial charge in [-0.2, -0.15) is 0 Å². The minimum atomic E-state index is 0.171. The van der Waals surface area contributed by atoms with Crippen LogP contribution in [0.4, 0.5) is 0 Å². The van der Waals surface area contributed by atoms with Crippen LogP contribution in [0.3, 0.4) is 0 Å². The highest BCUT2D eigenvalue weighted by Gasteiger charge is 2.10. The van der Waals surface area contributed by atoms with E-state index in [0.29, 0.717) is 0 Å². The van der Waals surface area contributed by atoms with Crippen LogP contribution < -0.4 is 5.73 Å². The molecule has 1 unspecified atom stereocenters. The van der Waals surface area contributed by atoms with Crippen LogP contribution in [0.15, 0.2) is 34.8 Å². The molecule has 0 aliphatic carbocycles. The Hall–Kier alpha value is -0.640. The zero-order chi connectivity index (χ0) is 13.1. The van der Waals surface area contributed by atoms with E-state index < -0.39 is 0 Å². The van der Waals surface area contributed by atoms with Gasteiger partial charge in [-0.25, -0.2) is 0 Å². The molecule has 0 aliphatic heterocycles. The molecule has 2 N–H and O–H groups in total. The van der Waals surface area contributed by atoms with Crippen LogP contribution in [-0.4, -0.2) is 0 Å². The van der Waals surface area contributed by atoms with Gasteiger partial charge in [0.05, 0.1) is 0 Å². The van der Waals surface area contributed by atoms with E-state index in [1.54, 1.807) is 0 Å². The zero-order valence-corrected chi connectivity index (χ0v) is 13.1. The topological polar surface area (TPSA) is 26.0 Å². The summed E-state index contributed by atoms with van der Waals surface area (Å²) in [5, 5.41) is 0. The largest absolute Gasteiger partial charge is 0.323 e. The highest BCUT2D eigenvalue weighted by Crippen LogP contribution is 2.34. The smallest absolute Gasteiger partial charge is 0.0387 e. The molecule has 1 aromatic carbocycles. The first-order valence-corrected chi connectivity index (χ1v) is 7.90. The van der Waals surface area contributed by atoms with Gasteiger partial charge in [-0.05, 0) is 48.2 Å². The Morgan fingerprint density at radius 2 is 2.00 bits per heavy atom. The third kappa shape index (κ3) is 2.85. The molecule has 0 saturated carbocycles. The fourth-order valence-electron chi connectivity index (χ4n) is 1.99. The molecule has 2 rings (SSSR count). The predicted octanol–water partition coefficient (Wildman–Crippen LogP) is 5.15. The summed E-state index contributed by atoms with van der Waals surface area (Å²) in [5.41, 5.74) is 8.79. The Balaban J connectivity index is 2.39. The second-order valence-electron chi connectivity index (χ2n) is 4.37. The van der Waals surface area contributed by atoms with Crippen molar-refractivity contribution in [3.8, 4) is 10.4 Å². The van der Waals surface area contributed by atoms with Gasteiger partial charge in [-0.3, -0.25) is 0 Å². The van der Waals surface area contributed by atoms with Crippen molar-refractivity contribution in [2.75, 3.05) is 0 Å². The van der Waals surface area contributed by atoms with Gasteiger partial charge in [0.15, 0.2) is 0 Å². The lowest BCUT2D eigenvalue weighted by atomic mass is 10.0. The number of benzene rings is 1. The molecule has 0 saturated heterocycles. The molecule has 1 heterocycles. The number of thiophene rings is 1. The van der Waals surface area contributed by atoms with Gasteiger partial charge in [0.2, 0.25) is 0 Å². The van der Waals surface area contributed by atoms with Crippen molar-refractivity contribution in [1.82, 2.24) is 0 Å². The zero-order valence-electron chi connectivity index (χ0n) is 10.7. The normalized spacial score (nSPS) is 12.7. The standard InChI is InChI=1S/C15H18BrNS/c1-3-10-9-11(16)5-6-12(10)14-7-8-15(18-14)13(17)4-2/h5-9,13H,3-4,17H2,1-2H3. The van der Waals surface area contributed by atoms with Crippen LogP contribution in [0.2, 0.25) is 0 Å². The maximum Gasteiger partial charge on any atom is 0.0387 e. The highest BCUT2D eigenvalue weighted by atomic mass is 79.9. The lowest BCUT2D eigenvalue weighted by Crippen LogP contribution is -2.05. The molecule has 0 bridgehead atoms. The van der Waals surface area contributed by atoms with E-state index in [4.69, 9.17) is 5.73 Å². The molecule has 2 aromatic rings. The van der Waals surface area contributed by atoms with Gasteiger partial charge in [0.25, 0.3) is 0 Å². The molecule has 1 atom stereocenters. The summed E-state index contributed by atoms with van der Waals surface area (Å²) >= 11 is 5.35. The monoisotopic (exact) mass is 323 g/mol. The number of aryl methyl sites for hydroxylation is 1. The number of nitrogens with two attached hydrogens (primary N) is 1. The van der Waals surface area contributed by atoms with Gasteiger partial charge in [-0.1, -0.05) is 35.8 Å². The maximum absolute atomic E-state index is 6.08. The average molecular weight is 324 g/mol. The first-order valence-electron chi connectivity index (χ1n) is 6.29. The number of hydrogen-bond donors (Lipinski definition) is 1. The SMILES string of the molecule is CCc1cc(Br)ccc1-c1ccc(C(N)CC)s1. The van der Waals surface area contributed by atoms with Gasteiger partial charge in [0.1, 0.15) is 0 Å². The molecule has 18 heavy (non-hydrogen) atoms. The van der Waals surface area contributed by atoms with E-state index in [1.807, 2.05) is 11.3 Å². The molecular formula is C15H18BrNS. The van der Waals surface area contributed by atoms with Gasteiger partial charge in [-0.15, -0.1) is 11.3 Å². The van der Waals surface area contributed by atoms with E-state index in [9.17, 15) is 0 Å².